The summed E-state index contributed by atoms with van der Waals surface area (Å²) in [6.45, 7) is 3.47. The zero-order chi connectivity index (χ0) is 12.0. The second kappa shape index (κ2) is 6.08. The van der Waals surface area contributed by atoms with Crippen molar-refractivity contribution in [1.82, 2.24) is 4.90 Å². The predicted octanol–water partition coefficient (Wildman–Crippen LogP) is -3.23. The molecule has 0 radical (unpaired) electrons. The molecule has 0 aromatic carbocycles. The molecule has 1 rings (SSSR count). The number of hydrogen-bond acceptors (Lipinski definition) is 4. The summed E-state index contributed by atoms with van der Waals surface area (Å²) in [7, 11) is 0. The molecule has 1 amide bonds. The van der Waals surface area contributed by atoms with E-state index in [4.69, 9.17) is 5.26 Å². The van der Waals surface area contributed by atoms with Gasteiger partial charge in [0.1, 0.15) is 0 Å². The largest absolute Gasteiger partial charge is 0.550 e. The Morgan fingerprint density at radius 2 is 2.00 bits per heavy atom. The molecule has 16 heavy (non-hydrogen) atoms. The van der Waals surface area contributed by atoms with Gasteiger partial charge in [0.15, 0.2) is 0 Å². The second-order valence-corrected chi connectivity index (χ2v) is 3.84. The molecule has 1 fully saturated rings. The van der Waals surface area contributed by atoms with E-state index in [2.05, 4.69) is 6.07 Å². The van der Waals surface area contributed by atoms with Crippen molar-refractivity contribution in [3.8, 4) is 6.07 Å². The van der Waals surface area contributed by atoms with Crippen molar-refractivity contribution >= 4 is 11.9 Å². The van der Waals surface area contributed by atoms with Gasteiger partial charge >= 0.3 is 0 Å². The highest BCUT2D eigenvalue weighted by molar-refractivity contribution is 5.92. The molecular formula is C10H15N3O3. The SMILES string of the molecule is N#CCC[NH+]1CCN(C(=O)CC(=O)[O-])CC1. The number of rotatable bonds is 4. The maximum atomic E-state index is 11.4. The van der Waals surface area contributed by atoms with Crippen LogP contribution in [0.1, 0.15) is 12.8 Å². The van der Waals surface area contributed by atoms with Gasteiger partial charge in [0.2, 0.25) is 5.91 Å². The summed E-state index contributed by atoms with van der Waals surface area (Å²) in [5, 5.41) is 18.7. The van der Waals surface area contributed by atoms with Crippen molar-refractivity contribution in [2.24, 2.45) is 0 Å². The fourth-order valence-electron chi connectivity index (χ4n) is 1.79. The average molecular weight is 225 g/mol. The molecule has 6 nitrogen and oxygen atoms in total. The first-order valence-electron chi connectivity index (χ1n) is 5.31. The molecule has 88 valence electrons. The van der Waals surface area contributed by atoms with Gasteiger partial charge in [-0.15, -0.1) is 0 Å². The molecule has 1 saturated heterocycles. The number of hydrogen-bond donors (Lipinski definition) is 1. The average Bonchev–Trinajstić information content (AvgIpc) is 2.26. The molecule has 6 heteroatoms. The number of carboxylic acids is 1. The number of quaternary nitrogens is 1. The van der Waals surface area contributed by atoms with Gasteiger partial charge in [-0.3, -0.25) is 4.79 Å². The van der Waals surface area contributed by atoms with Crippen LogP contribution in [0, 0.1) is 11.3 Å². The van der Waals surface area contributed by atoms with Crippen LogP contribution >= 0.6 is 0 Å². The monoisotopic (exact) mass is 225 g/mol. The minimum Gasteiger partial charge on any atom is -0.550 e. The van der Waals surface area contributed by atoms with Gasteiger partial charge in [-0.25, -0.2) is 0 Å². The predicted molar refractivity (Wildman–Crippen MR) is 52.0 cm³/mol. The highest BCUT2D eigenvalue weighted by atomic mass is 16.4. The lowest BCUT2D eigenvalue weighted by molar-refractivity contribution is -0.903. The van der Waals surface area contributed by atoms with Crippen molar-refractivity contribution in [3.63, 3.8) is 0 Å². The summed E-state index contributed by atoms with van der Waals surface area (Å²) in [5.41, 5.74) is 0. The number of carbonyl (C=O) groups is 2. The summed E-state index contributed by atoms with van der Waals surface area (Å²) >= 11 is 0. The van der Waals surface area contributed by atoms with Crippen molar-refractivity contribution < 1.29 is 19.6 Å². The number of amides is 1. The van der Waals surface area contributed by atoms with Gasteiger partial charge in [0, 0.05) is 0 Å². The number of nitrogens with one attached hydrogen (secondary N) is 1. The van der Waals surface area contributed by atoms with Crippen LogP contribution in [-0.2, 0) is 9.59 Å². The molecule has 1 N–H and O–H groups in total. The summed E-state index contributed by atoms with van der Waals surface area (Å²) < 4.78 is 0. The number of nitriles is 1. The Balaban J connectivity index is 2.29. The molecule has 1 heterocycles. The Hall–Kier alpha value is -1.61. The van der Waals surface area contributed by atoms with Crippen LogP contribution in [-0.4, -0.2) is 49.5 Å². The normalized spacial score (nSPS) is 16.8. The van der Waals surface area contributed by atoms with Crippen LogP contribution in [0.4, 0.5) is 0 Å². The summed E-state index contributed by atoms with van der Waals surface area (Å²) in [6, 6.07) is 2.09. The van der Waals surface area contributed by atoms with E-state index in [0.717, 1.165) is 19.6 Å². The third-order valence-corrected chi connectivity index (χ3v) is 2.71. The number of piperazine rings is 1. The topological polar surface area (TPSA) is 88.7 Å². The van der Waals surface area contributed by atoms with E-state index in [9.17, 15) is 14.7 Å². The summed E-state index contributed by atoms with van der Waals surface area (Å²) in [6.07, 6.45) is -0.0180. The molecule has 1 aliphatic rings. The summed E-state index contributed by atoms with van der Waals surface area (Å²) in [4.78, 5) is 24.5. The lowest BCUT2D eigenvalue weighted by Gasteiger charge is -2.32. The van der Waals surface area contributed by atoms with Crippen molar-refractivity contribution in [2.45, 2.75) is 12.8 Å². The number of aliphatic carboxylic acids is 1. The Kier molecular flexibility index (Phi) is 4.73. The van der Waals surface area contributed by atoms with Gasteiger partial charge in [-0.1, -0.05) is 0 Å². The Morgan fingerprint density at radius 3 is 2.50 bits per heavy atom. The lowest BCUT2D eigenvalue weighted by Crippen LogP contribution is -3.14. The minimum absolute atomic E-state index is 0.376. The zero-order valence-electron chi connectivity index (χ0n) is 9.07. The molecule has 0 aromatic rings. The van der Waals surface area contributed by atoms with E-state index >= 15 is 0 Å². The molecule has 0 atom stereocenters. The zero-order valence-corrected chi connectivity index (χ0v) is 9.07. The quantitative estimate of drug-likeness (QED) is 0.509. The van der Waals surface area contributed by atoms with Crippen LogP contribution in [0.2, 0.25) is 0 Å². The second-order valence-electron chi connectivity index (χ2n) is 3.84. The fourth-order valence-corrected chi connectivity index (χ4v) is 1.79. The van der Waals surface area contributed by atoms with Crippen LogP contribution in [0.15, 0.2) is 0 Å². The van der Waals surface area contributed by atoms with E-state index in [1.54, 1.807) is 4.90 Å². The Morgan fingerprint density at radius 1 is 1.38 bits per heavy atom. The minimum atomic E-state index is -1.33. The Labute approximate surface area is 94.0 Å². The molecule has 1 aliphatic heterocycles. The molecular weight excluding hydrogens is 210 g/mol. The molecule has 0 saturated carbocycles. The van der Waals surface area contributed by atoms with E-state index in [1.807, 2.05) is 0 Å². The Bertz CT molecular complexity index is 303. The van der Waals surface area contributed by atoms with Crippen LogP contribution in [0.3, 0.4) is 0 Å². The highest BCUT2D eigenvalue weighted by Crippen LogP contribution is 1.94. The van der Waals surface area contributed by atoms with Crippen LogP contribution in [0.5, 0.6) is 0 Å². The third-order valence-electron chi connectivity index (χ3n) is 2.71. The van der Waals surface area contributed by atoms with E-state index < -0.39 is 12.4 Å². The smallest absolute Gasteiger partial charge is 0.228 e. The van der Waals surface area contributed by atoms with Crippen LogP contribution < -0.4 is 10.0 Å². The third kappa shape index (κ3) is 3.87. The first-order chi connectivity index (χ1) is 7.63. The van der Waals surface area contributed by atoms with Crippen molar-refractivity contribution in [1.29, 1.82) is 5.26 Å². The number of nitrogens with zero attached hydrogens (tertiary/aromatic N) is 2. The molecule has 0 unspecified atom stereocenters. The van der Waals surface area contributed by atoms with E-state index in [-0.39, 0.29) is 5.91 Å². The van der Waals surface area contributed by atoms with E-state index in [1.165, 1.54) is 4.90 Å². The van der Waals surface area contributed by atoms with Crippen molar-refractivity contribution in [3.05, 3.63) is 0 Å². The van der Waals surface area contributed by atoms with Gasteiger partial charge < -0.3 is 19.7 Å². The van der Waals surface area contributed by atoms with Crippen LogP contribution in [0.25, 0.3) is 0 Å². The number of carbonyl (C=O) groups excluding carboxylic acids is 2. The maximum Gasteiger partial charge on any atom is 0.228 e. The molecule has 0 bridgehead atoms. The number of carboxylic acid groups (broad SMARTS) is 1. The molecule has 0 aliphatic carbocycles. The first-order valence-corrected chi connectivity index (χ1v) is 5.31. The maximum absolute atomic E-state index is 11.4. The van der Waals surface area contributed by atoms with Crippen molar-refractivity contribution in [2.75, 3.05) is 32.7 Å². The molecule has 0 aromatic heterocycles. The standard InChI is InChI=1S/C10H15N3O3/c11-2-1-3-12-4-6-13(7-5-12)9(14)8-10(15)16/h1,3-8H2,(H,15,16). The highest BCUT2D eigenvalue weighted by Gasteiger charge is 2.22. The lowest BCUT2D eigenvalue weighted by atomic mass is 10.2. The van der Waals surface area contributed by atoms with E-state index in [0.29, 0.717) is 19.5 Å². The summed E-state index contributed by atoms with van der Waals surface area (Å²) in [5.74, 6) is -1.71. The van der Waals surface area contributed by atoms with Gasteiger partial charge in [0.05, 0.1) is 57.6 Å². The van der Waals surface area contributed by atoms with Gasteiger partial charge in [-0.05, 0) is 0 Å². The first kappa shape index (κ1) is 12.5. The van der Waals surface area contributed by atoms with Gasteiger partial charge in [0.25, 0.3) is 0 Å². The van der Waals surface area contributed by atoms with Gasteiger partial charge in [-0.2, -0.15) is 5.26 Å². The fraction of sp³-hybridized carbons (Fsp3) is 0.700. The molecule has 0 spiro atoms.